The van der Waals surface area contributed by atoms with E-state index in [2.05, 4.69) is 0 Å². The Morgan fingerprint density at radius 2 is 1.48 bits per heavy atom. The smallest absolute Gasteiger partial charge is 0.316 e. The van der Waals surface area contributed by atoms with E-state index in [-0.39, 0.29) is 11.8 Å². The molecular weight excluding hydrogens is 342 g/mol. The molecule has 0 aliphatic carbocycles. The number of primary amides is 1. The Labute approximate surface area is 158 Å². The number of nitrogens with zero attached hydrogens (tertiary/aromatic N) is 2. The Bertz CT molecular complexity index is 800. The third kappa shape index (κ3) is 4.53. The number of carbonyl (C=O) groups is 3. The number of hydrogen-bond donors (Lipinski definition) is 1. The SMILES string of the molecule is NC(=O)C1CCN(C(=O)C(=O)N(Cc2ccccc2)c2ccccc2)CC1. The van der Waals surface area contributed by atoms with Crippen molar-refractivity contribution in [1.82, 2.24) is 4.90 Å². The first-order chi connectivity index (χ1) is 13.1. The number of rotatable bonds is 4. The molecule has 3 rings (SSSR count). The van der Waals surface area contributed by atoms with Crippen LogP contribution >= 0.6 is 0 Å². The minimum Gasteiger partial charge on any atom is -0.369 e. The van der Waals surface area contributed by atoms with Crippen LogP contribution in [0.3, 0.4) is 0 Å². The van der Waals surface area contributed by atoms with Gasteiger partial charge in [0, 0.05) is 24.7 Å². The van der Waals surface area contributed by atoms with E-state index in [1.807, 2.05) is 60.7 Å². The molecule has 0 aromatic heterocycles. The Kier molecular flexibility index (Phi) is 5.86. The monoisotopic (exact) mass is 365 g/mol. The molecular formula is C21H23N3O3. The van der Waals surface area contributed by atoms with Crippen molar-refractivity contribution in [3.05, 3.63) is 66.2 Å². The first-order valence-electron chi connectivity index (χ1n) is 9.05. The van der Waals surface area contributed by atoms with Crippen LogP contribution in [0.4, 0.5) is 5.69 Å². The average Bonchev–Trinajstić information content (AvgIpc) is 2.72. The second kappa shape index (κ2) is 8.49. The highest BCUT2D eigenvalue weighted by Crippen LogP contribution is 2.20. The van der Waals surface area contributed by atoms with Crippen molar-refractivity contribution in [2.45, 2.75) is 19.4 Å². The zero-order valence-electron chi connectivity index (χ0n) is 15.1. The highest BCUT2D eigenvalue weighted by atomic mass is 16.2. The summed E-state index contributed by atoms with van der Waals surface area (Å²) in [6.07, 6.45) is 0.997. The zero-order valence-corrected chi connectivity index (χ0v) is 15.1. The van der Waals surface area contributed by atoms with Gasteiger partial charge in [-0.25, -0.2) is 0 Å². The van der Waals surface area contributed by atoms with Gasteiger partial charge in [0.05, 0.1) is 6.54 Å². The van der Waals surface area contributed by atoms with Gasteiger partial charge >= 0.3 is 11.8 Å². The summed E-state index contributed by atoms with van der Waals surface area (Å²) < 4.78 is 0. The predicted molar refractivity (Wildman–Crippen MR) is 103 cm³/mol. The van der Waals surface area contributed by atoms with Crippen LogP contribution in [0, 0.1) is 5.92 Å². The largest absolute Gasteiger partial charge is 0.369 e. The number of likely N-dealkylation sites (tertiary alicyclic amines) is 1. The van der Waals surface area contributed by atoms with E-state index in [0.29, 0.717) is 38.2 Å². The molecule has 2 aromatic carbocycles. The highest BCUT2D eigenvalue weighted by molar-refractivity contribution is 6.40. The number of para-hydroxylation sites is 1. The lowest BCUT2D eigenvalue weighted by atomic mass is 9.96. The van der Waals surface area contributed by atoms with E-state index in [0.717, 1.165) is 5.56 Å². The van der Waals surface area contributed by atoms with Crippen molar-refractivity contribution >= 4 is 23.4 Å². The third-order valence-corrected chi connectivity index (χ3v) is 4.86. The number of amides is 3. The Morgan fingerprint density at radius 1 is 0.926 bits per heavy atom. The molecule has 6 heteroatoms. The maximum atomic E-state index is 13.0. The van der Waals surface area contributed by atoms with Crippen LogP contribution in [0.2, 0.25) is 0 Å². The maximum absolute atomic E-state index is 13.0. The van der Waals surface area contributed by atoms with E-state index in [1.165, 1.54) is 9.80 Å². The standard InChI is InChI=1S/C21H23N3O3/c22-19(25)17-11-13-23(14-12-17)20(26)21(27)24(18-9-5-2-6-10-18)15-16-7-3-1-4-8-16/h1-10,17H,11-15H2,(H2,22,25). The van der Waals surface area contributed by atoms with Gasteiger partial charge in [-0.3, -0.25) is 19.3 Å². The van der Waals surface area contributed by atoms with Gasteiger partial charge < -0.3 is 10.6 Å². The first kappa shape index (κ1) is 18.6. The lowest BCUT2D eigenvalue weighted by Crippen LogP contribution is -2.49. The van der Waals surface area contributed by atoms with Gasteiger partial charge in [-0.2, -0.15) is 0 Å². The van der Waals surface area contributed by atoms with Crippen LogP contribution in [0.15, 0.2) is 60.7 Å². The summed E-state index contributed by atoms with van der Waals surface area (Å²) in [6.45, 7) is 1.05. The van der Waals surface area contributed by atoms with Crippen molar-refractivity contribution < 1.29 is 14.4 Å². The lowest BCUT2D eigenvalue weighted by molar-refractivity contribution is -0.146. The normalized spacial score (nSPS) is 14.6. The Balaban J connectivity index is 1.76. The van der Waals surface area contributed by atoms with Gasteiger partial charge in [0.2, 0.25) is 5.91 Å². The van der Waals surface area contributed by atoms with E-state index in [9.17, 15) is 14.4 Å². The fourth-order valence-electron chi connectivity index (χ4n) is 3.27. The van der Waals surface area contributed by atoms with Gasteiger partial charge in [0.25, 0.3) is 0 Å². The van der Waals surface area contributed by atoms with Crippen LogP contribution in [-0.2, 0) is 20.9 Å². The molecule has 1 aliphatic heterocycles. The van der Waals surface area contributed by atoms with E-state index in [1.54, 1.807) is 0 Å². The summed E-state index contributed by atoms with van der Waals surface area (Å²) in [7, 11) is 0. The fourth-order valence-corrected chi connectivity index (χ4v) is 3.27. The topological polar surface area (TPSA) is 83.7 Å². The molecule has 0 radical (unpaired) electrons. The van der Waals surface area contributed by atoms with Crippen LogP contribution in [0.1, 0.15) is 18.4 Å². The minimum absolute atomic E-state index is 0.223. The van der Waals surface area contributed by atoms with Crippen molar-refractivity contribution in [3.8, 4) is 0 Å². The summed E-state index contributed by atoms with van der Waals surface area (Å²) >= 11 is 0. The first-order valence-corrected chi connectivity index (χ1v) is 9.05. The van der Waals surface area contributed by atoms with Gasteiger partial charge in [-0.15, -0.1) is 0 Å². The molecule has 0 atom stereocenters. The average molecular weight is 365 g/mol. The van der Waals surface area contributed by atoms with Crippen molar-refractivity contribution in [1.29, 1.82) is 0 Å². The zero-order chi connectivity index (χ0) is 19.2. The molecule has 0 saturated carbocycles. The predicted octanol–water partition coefficient (Wildman–Crippen LogP) is 1.94. The quantitative estimate of drug-likeness (QED) is 0.841. The number of anilines is 1. The maximum Gasteiger partial charge on any atom is 0.316 e. The van der Waals surface area contributed by atoms with Crippen LogP contribution < -0.4 is 10.6 Å². The van der Waals surface area contributed by atoms with Crippen LogP contribution in [-0.4, -0.2) is 35.7 Å². The van der Waals surface area contributed by atoms with Gasteiger partial charge in [-0.1, -0.05) is 48.5 Å². The van der Waals surface area contributed by atoms with E-state index < -0.39 is 11.8 Å². The number of nitrogens with two attached hydrogens (primary N) is 1. The molecule has 140 valence electrons. The molecule has 1 aliphatic rings. The second-order valence-electron chi connectivity index (χ2n) is 6.68. The van der Waals surface area contributed by atoms with E-state index >= 15 is 0 Å². The molecule has 2 aromatic rings. The second-order valence-corrected chi connectivity index (χ2v) is 6.68. The summed E-state index contributed by atoms with van der Waals surface area (Å²) in [5, 5.41) is 0. The molecule has 1 fully saturated rings. The molecule has 1 saturated heterocycles. The molecule has 27 heavy (non-hydrogen) atoms. The summed E-state index contributed by atoms with van der Waals surface area (Å²) in [5.74, 6) is -1.68. The molecule has 0 spiro atoms. The van der Waals surface area contributed by atoms with Gasteiger partial charge in [-0.05, 0) is 30.5 Å². The molecule has 1 heterocycles. The number of carbonyl (C=O) groups excluding carboxylic acids is 3. The molecule has 6 nitrogen and oxygen atoms in total. The van der Waals surface area contributed by atoms with Crippen LogP contribution in [0.25, 0.3) is 0 Å². The van der Waals surface area contributed by atoms with Crippen LogP contribution in [0.5, 0.6) is 0 Å². The number of piperidine rings is 1. The summed E-state index contributed by atoms with van der Waals surface area (Å²) in [6, 6.07) is 18.7. The Hall–Kier alpha value is -3.15. The van der Waals surface area contributed by atoms with Gasteiger partial charge in [0.15, 0.2) is 0 Å². The van der Waals surface area contributed by atoms with Crippen molar-refractivity contribution in [3.63, 3.8) is 0 Å². The molecule has 3 amide bonds. The van der Waals surface area contributed by atoms with Crippen molar-refractivity contribution in [2.75, 3.05) is 18.0 Å². The molecule has 0 bridgehead atoms. The number of benzene rings is 2. The Morgan fingerprint density at radius 3 is 2.04 bits per heavy atom. The highest BCUT2D eigenvalue weighted by Gasteiger charge is 2.32. The van der Waals surface area contributed by atoms with E-state index in [4.69, 9.17) is 5.73 Å². The third-order valence-electron chi connectivity index (χ3n) is 4.86. The minimum atomic E-state index is -0.567. The molecule has 2 N–H and O–H groups in total. The fraction of sp³-hybridized carbons (Fsp3) is 0.286. The summed E-state index contributed by atoms with van der Waals surface area (Å²) in [5.41, 5.74) is 6.95. The lowest BCUT2D eigenvalue weighted by Gasteiger charge is -2.32. The number of hydrogen-bond acceptors (Lipinski definition) is 3. The summed E-state index contributed by atoms with van der Waals surface area (Å²) in [4.78, 5) is 40.1. The van der Waals surface area contributed by atoms with Gasteiger partial charge in [0.1, 0.15) is 0 Å². The molecule has 0 unspecified atom stereocenters. The van der Waals surface area contributed by atoms with Crippen molar-refractivity contribution in [2.24, 2.45) is 11.7 Å².